The number of hydrogen-bond acceptors (Lipinski definition) is 2. The highest BCUT2D eigenvalue weighted by Crippen LogP contribution is 2.41. The summed E-state index contributed by atoms with van der Waals surface area (Å²) >= 11 is 0. The van der Waals surface area contributed by atoms with Crippen molar-refractivity contribution >= 4 is 11.5 Å². The number of rotatable bonds is 3. The summed E-state index contributed by atoms with van der Waals surface area (Å²) in [4.78, 5) is 5.11. The molecule has 0 saturated heterocycles. The second kappa shape index (κ2) is 6.93. The summed E-state index contributed by atoms with van der Waals surface area (Å²) in [5.74, 6) is 0.947. The molecule has 3 aromatic carbocycles. The van der Waals surface area contributed by atoms with E-state index in [1.165, 1.54) is 11.1 Å². The zero-order valence-corrected chi connectivity index (χ0v) is 15.8. The van der Waals surface area contributed by atoms with Gasteiger partial charge in [-0.3, -0.25) is 0 Å². The van der Waals surface area contributed by atoms with Gasteiger partial charge in [-0.2, -0.15) is 5.10 Å². The summed E-state index contributed by atoms with van der Waals surface area (Å²) < 4.78 is 2.11. The summed E-state index contributed by atoms with van der Waals surface area (Å²) in [6.45, 7) is 2.08. The molecule has 1 aliphatic rings. The Bertz CT molecular complexity index is 1130. The highest BCUT2D eigenvalue weighted by molar-refractivity contribution is 6.04. The van der Waals surface area contributed by atoms with Gasteiger partial charge in [0.2, 0.25) is 0 Å². The van der Waals surface area contributed by atoms with Crippen molar-refractivity contribution in [1.29, 1.82) is 0 Å². The van der Waals surface area contributed by atoms with Crippen molar-refractivity contribution in [2.24, 2.45) is 4.99 Å². The molecule has 0 amide bonds. The average Bonchev–Trinajstić information content (AvgIpc) is 3.10. The van der Waals surface area contributed by atoms with Crippen molar-refractivity contribution in [3.63, 3.8) is 0 Å². The molecule has 5 rings (SSSR count). The third-order valence-electron chi connectivity index (χ3n) is 5.34. The van der Waals surface area contributed by atoms with E-state index in [0.29, 0.717) is 0 Å². The van der Waals surface area contributed by atoms with E-state index in [2.05, 4.69) is 90.5 Å². The topological polar surface area (TPSA) is 30.2 Å². The molecule has 1 atom stereocenters. The molecule has 0 saturated carbocycles. The first kappa shape index (κ1) is 16.7. The van der Waals surface area contributed by atoms with Gasteiger partial charge in [-0.15, -0.1) is 0 Å². The fraction of sp³-hybridized carbons (Fsp3) is 0.120. The third kappa shape index (κ3) is 2.85. The molecule has 0 radical (unpaired) electrons. The number of nitrogens with zero attached hydrogens (tertiary/aromatic N) is 3. The first-order valence-corrected chi connectivity index (χ1v) is 9.64. The van der Waals surface area contributed by atoms with Gasteiger partial charge in [-0.05, 0) is 23.6 Å². The fourth-order valence-corrected chi connectivity index (χ4v) is 3.99. The summed E-state index contributed by atoms with van der Waals surface area (Å²) in [5, 5.41) is 4.92. The second-order valence-electron chi connectivity index (χ2n) is 7.15. The lowest BCUT2D eigenvalue weighted by Gasteiger charge is -2.25. The molecule has 28 heavy (non-hydrogen) atoms. The lowest BCUT2D eigenvalue weighted by molar-refractivity contribution is 0.529. The molecule has 0 bridgehead atoms. The van der Waals surface area contributed by atoms with E-state index >= 15 is 0 Å². The van der Waals surface area contributed by atoms with E-state index in [1.807, 2.05) is 12.1 Å². The minimum atomic E-state index is 0.139. The second-order valence-corrected chi connectivity index (χ2v) is 7.15. The van der Waals surface area contributed by atoms with Crippen LogP contribution < -0.4 is 0 Å². The molecular weight excluding hydrogens is 342 g/mol. The Morgan fingerprint density at radius 2 is 1.32 bits per heavy atom. The maximum absolute atomic E-state index is 5.11. The monoisotopic (exact) mass is 363 g/mol. The predicted octanol–water partition coefficient (Wildman–Crippen LogP) is 5.97. The Balaban J connectivity index is 1.73. The van der Waals surface area contributed by atoms with Crippen LogP contribution in [0.3, 0.4) is 0 Å². The minimum Gasteiger partial charge on any atom is -0.239 e. The van der Waals surface area contributed by atoms with Crippen LogP contribution in [0.15, 0.2) is 96.0 Å². The molecule has 0 spiro atoms. The molecule has 4 aromatic rings. The van der Waals surface area contributed by atoms with Crippen molar-refractivity contribution < 1.29 is 0 Å². The number of aryl methyl sites for hydroxylation is 1. The Kier molecular flexibility index (Phi) is 4.13. The van der Waals surface area contributed by atoms with Gasteiger partial charge in [0.15, 0.2) is 5.82 Å². The maximum atomic E-state index is 5.11. The van der Waals surface area contributed by atoms with Crippen LogP contribution in [0.25, 0.3) is 11.1 Å². The molecule has 3 heteroatoms. The molecule has 0 fully saturated rings. The molecule has 0 aliphatic carbocycles. The van der Waals surface area contributed by atoms with Crippen LogP contribution in [0.5, 0.6) is 0 Å². The lowest BCUT2D eigenvalue weighted by atomic mass is 9.95. The molecule has 2 heterocycles. The van der Waals surface area contributed by atoms with Crippen LogP contribution in [-0.4, -0.2) is 15.5 Å². The van der Waals surface area contributed by atoms with Gasteiger partial charge < -0.3 is 0 Å². The normalized spacial score (nSPS) is 15.8. The van der Waals surface area contributed by atoms with Gasteiger partial charge in [0.1, 0.15) is 0 Å². The molecule has 1 aliphatic heterocycles. The summed E-state index contributed by atoms with van der Waals surface area (Å²) in [5.41, 5.74) is 6.83. The highest BCUT2D eigenvalue weighted by Gasteiger charge is 2.29. The highest BCUT2D eigenvalue weighted by atomic mass is 15.4. The Morgan fingerprint density at radius 1 is 0.750 bits per heavy atom. The molecular formula is C25H21N3. The van der Waals surface area contributed by atoms with Crippen molar-refractivity contribution in [2.45, 2.75) is 19.4 Å². The maximum Gasteiger partial charge on any atom is 0.159 e. The van der Waals surface area contributed by atoms with Crippen LogP contribution in [-0.2, 0) is 0 Å². The Hall–Kier alpha value is -3.46. The van der Waals surface area contributed by atoms with Crippen LogP contribution in [0.4, 0.5) is 5.82 Å². The Morgan fingerprint density at radius 3 is 1.96 bits per heavy atom. The van der Waals surface area contributed by atoms with Crippen molar-refractivity contribution in [2.75, 3.05) is 0 Å². The van der Waals surface area contributed by atoms with E-state index in [4.69, 9.17) is 10.1 Å². The molecule has 0 N–H and O–H groups in total. The van der Waals surface area contributed by atoms with E-state index in [1.54, 1.807) is 0 Å². The van der Waals surface area contributed by atoms with E-state index < -0.39 is 0 Å². The average molecular weight is 363 g/mol. The largest absolute Gasteiger partial charge is 0.239 e. The number of hydrogen-bond donors (Lipinski definition) is 0. The first-order chi connectivity index (χ1) is 13.8. The Labute approximate surface area is 165 Å². The zero-order chi connectivity index (χ0) is 18.9. The lowest BCUT2D eigenvalue weighted by Crippen LogP contribution is -2.21. The van der Waals surface area contributed by atoms with Crippen LogP contribution >= 0.6 is 0 Å². The molecule has 136 valence electrons. The van der Waals surface area contributed by atoms with Crippen molar-refractivity contribution in [3.8, 4) is 11.1 Å². The number of aromatic nitrogens is 2. The third-order valence-corrected chi connectivity index (χ3v) is 5.34. The first-order valence-electron chi connectivity index (χ1n) is 9.64. The molecule has 1 unspecified atom stereocenters. The summed E-state index contributed by atoms with van der Waals surface area (Å²) in [6, 6.07) is 31.7. The minimum absolute atomic E-state index is 0.139. The van der Waals surface area contributed by atoms with Gasteiger partial charge >= 0.3 is 0 Å². The van der Waals surface area contributed by atoms with E-state index in [9.17, 15) is 0 Å². The molecule has 3 nitrogen and oxygen atoms in total. The standard InChI is InChI=1S/C25H21N3/c1-18-24(21-15-9-4-10-16-21)25-26-22(19-11-5-2-6-12-19)17-23(28(25)27-18)20-13-7-3-8-14-20/h2-16,23H,17H2,1H3. The van der Waals surface area contributed by atoms with Crippen molar-refractivity contribution in [3.05, 3.63) is 108 Å². The van der Waals surface area contributed by atoms with Crippen LogP contribution in [0.1, 0.15) is 29.3 Å². The van der Waals surface area contributed by atoms with Crippen LogP contribution in [0, 0.1) is 6.92 Å². The van der Waals surface area contributed by atoms with Gasteiger partial charge in [0.25, 0.3) is 0 Å². The number of benzene rings is 3. The smallest absolute Gasteiger partial charge is 0.159 e. The van der Waals surface area contributed by atoms with Gasteiger partial charge in [-0.1, -0.05) is 91.0 Å². The van der Waals surface area contributed by atoms with Crippen molar-refractivity contribution in [1.82, 2.24) is 9.78 Å². The van der Waals surface area contributed by atoms with Crippen LogP contribution in [0.2, 0.25) is 0 Å². The molecule has 1 aromatic heterocycles. The quantitative estimate of drug-likeness (QED) is 0.441. The van der Waals surface area contributed by atoms with Gasteiger partial charge in [-0.25, -0.2) is 9.67 Å². The summed E-state index contributed by atoms with van der Waals surface area (Å²) in [6.07, 6.45) is 0.830. The number of fused-ring (bicyclic) bond motifs is 1. The van der Waals surface area contributed by atoms with Gasteiger partial charge in [0, 0.05) is 12.0 Å². The summed E-state index contributed by atoms with van der Waals surface area (Å²) in [7, 11) is 0. The predicted molar refractivity (Wildman–Crippen MR) is 114 cm³/mol. The fourth-order valence-electron chi connectivity index (χ4n) is 3.99. The van der Waals surface area contributed by atoms with Gasteiger partial charge in [0.05, 0.1) is 17.4 Å². The SMILES string of the molecule is Cc1nn2c(c1-c1ccccc1)N=C(c1ccccc1)CC2c1ccccc1. The zero-order valence-electron chi connectivity index (χ0n) is 15.8. The van der Waals surface area contributed by atoms with E-state index in [0.717, 1.165) is 34.8 Å². The van der Waals surface area contributed by atoms with E-state index in [-0.39, 0.29) is 6.04 Å². The number of aliphatic imine (C=N–C) groups is 1.